The lowest BCUT2D eigenvalue weighted by Gasteiger charge is -2.32. The molecule has 0 saturated carbocycles. The maximum Gasteiger partial charge on any atom is 0.268 e. The fourth-order valence-electron chi connectivity index (χ4n) is 5.55. The van der Waals surface area contributed by atoms with Crippen LogP contribution in [0.15, 0.2) is 0 Å². The van der Waals surface area contributed by atoms with Gasteiger partial charge < -0.3 is 28.6 Å². The van der Waals surface area contributed by atoms with Crippen LogP contribution in [0.2, 0.25) is 0 Å². The lowest BCUT2D eigenvalue weighted by molar-refractivity contribution is -0.870. The van der Waals surface area contributed by atoms with Crippen LogP contribution in [0, 0.1) is 0 Å². The van der Waals surface area contributed by atoms with Crippen molar-refractivity contribution < 1.29 is 42.8 Å². The molecule has 0 aliphatic heterocycles. The summed E-state index contributed by atoms with van der Waals surface area (Å²) in [6, 6.07) is 0. The smallest absolute Gasteiger partial charge is 0.268 e. The third kappa shape index (κ3) is 23.6. The van der Waals surface area contributed by atoms with Gasteiger partial charge in [0.25, 0.3) is 7.82 Å². The molecule has 0 spiro atoms. The third-order valence-corrected chi connectivity index (χ3v) is 9.71. The Balaban J connectivity index is 4.88. The van der Waals surface area contributed by atoms with Gasteiger partial charge in [-0.05, 0) is 12.8 Å². The highest BCUT2D eigenvalue weighted by molar-refractivity contribution is 7.45. The Labute approximate surface area is 282 Å². The second-order valence-electron chi connectivity index (χ2n) is 14.3. The predicted octanol–water partition coefficient (Wildman–Crippen LogP) is 7.83. The molecule has 0 aliphatic rings. The largest absolute Gasteiger partial charge is 0.756 e. The Bertz CT molecular complexity index is 778. The molecule has 0 aliphatic carbocycles. The molecule has 1 unspecified atom stereocenters. The van der Waals surface area contributed by atoms with Crippen LogP contribution in [0.5, 0.6) is 0 Å². The number of Topliss-reactive ketones (excluding diaryl/α,β-unsaturated/α-hetero) is 2. The first-order valence-corrected chi connectivity index (χ1v) is 20.1. The molecule has 0 bridgehead atoms. The van der Waals surface area contributed by atoms with E-state index in [1.54, 1.807) is 0 Å². The molecular weight excluding hydrogens is 605 g/mol. The van der Waals surface area contributed by atoms with E-state index in [4.69, 9.17) is 9.05 Å². The van der Waals surface area contributed by atoms with Crippen LogP contribution >= 0.6 is 7.82 Å². The Morgan fingerprint density at radius 2 is 0.978 bits per heavy atom. The molecule has 0 heterocycles. The molecule has 46 heavy (non-hydrogen) atoms. The quantitative estimate of drug-likeness (QED) is 0.0305. The van der Waals surface area contributed by atoms with Gasteiger partial charge in [0.1, 0.15) is 19.3 Å². The number of phosphoric ester groups is 1. The summed E-state index contributed by atoms with van der Waals surface area (Å²) in [6.07, 6.45) is 22.0. The van der Waals surface area contributed by atoms with E-state index in [1.165, 1.54) is 77.0 Å². The summed E-state index contributed by atoms with van der Waals surface area (Å²) in [4.78, 5) is 38.8. The van der Waals surface area contributed by atoms with Crippen LogP contribution in [0.3, 0.4) is 0 Å². The SMILES string of the molecule is CCCCCCCCCCCCCC(=O)C(O)(C(=O)CCCCCCCCCCCCC)[C@@H](O)COP(=O)([O-])OCC[N+](C)(C)C. The van der Waals surface area contributed by atoms with E-state index in [1.807, 2.05) is 21.1 Å². The summed E-state index contributed by atoms with van der Waals surface area (Å²) in [5, 5.41) is 22.2. The lowest BCUT2D eigenvalue weighted by Crippen LogP contribution is -2.57. The van der Waals surface area contributed by atoms with Gasteiger partial charge in [-0.25, -0.2) is 0 Å². The minimum atomic E-state index is -4.81. The van der Waals surface area contributed by atoms with Crippen molar-refractivity contribution in [3.63, 3.8) is 0 Å². The number of unbranched alkanes of at least 4 members (excludes halogenated alkanes) is 20. The Kier molecular flexibility index (Phi) is 26.8. The maximum absolute atomic E-state index is 13.2. The maximum atomic E-state index is 13.2. The van der Waals surface area contributed by atoms with Crippen molar-refractivity contribution in [2.24, 2.45) is 0 Å². The molecule has 0 aromatic rings. The highest BCUT2D eigenvalue weighted by atomic mass is 31.2. The number of ketones is 2. The highest BCUT2D eigenvalue weighted by Crippen LogP contribution is 2.39. The van der Waals surface area contributed by atoms with E-state index < -0.39 is 37.7 Å². The Morgan fingerprint density at radius 3 is 1.30 bits per heavy atom. The average molecular weight is 678 g/mol. The van der Waals surface area contributed by atoms with Gasteiger partial charge in [-0.3, -0.25) is 14.2 Å². The first kappa shape index (κ1) is 45.3. The van der Waals surface area contributed by atoms with Crippen LogP contribution in [0.1, 0.15) is 168 Å². The fraction of sp³-hybridized carbons (Fsp3) is 0.944. The molecule has 274 valence electrons. The van der Waals surface area contributed by atoms with E-state index in [-0.39, 0.29) is 19.4 Å². The number of carbonyl (C=O) groups is 2. The Morgan fingerprint density at radius 1 is 0.652 bits per heavy atom. The number of nitrogens with zero attached hydrogens (tertiary/aromatic N) is 1. The first-order chi connectivity index (χ1) is 21.8. The van der Waals surface area contributed by atoms with Crippen LogP contribution in [0.4, 0.5) is 0 Å². The Hall–Kier alpha value is -0.670. The van der Waals surface area contributed by atoms with Gasteiger partial charge in [-0.1, -0.05) is 142 Å². The number of quaternary nitrogens is 1. The number of likely N-dealkylation sites (N-methyl/N-ethyl adjacent to an activating group) is 1. The van der Waals surface area contributed by atoms with Crippen molar-refractivity contribution in [3.8, 4) is 0 Å². The number of rotatable bonds is 34. The number of phosphoric acid groups is 1. The highest BCUT2D eigenvalue weighted by Gasteiger charge is 2.49. The van der Waals surface area contributed by atoms with Crippen molar-refractivity contribution in [2.75, 3.05) is 40.9 Å². The van der Waals surface area contributed by atoms with Gasteiger partial charge in [-0.2, -0.15) is 0 Å². The van der Waals surface area contributed by atoms with Crippen molar-refractivity contribution in [1.29, 1.82) is 0 Å². The second kappa shape index (κ2) is 27.2. The van der Waals surface area contributed by atoms with Crippen LogP contribution in [0.25, 0.3) is 0 Å². The standard InChI is InChI=1S/C36H72NO8P/c1-6-8-10-12-14-16-18-20-22-24-26-28-33(38)36(41,35(40)32-45-46(42,43)44-31-30-37(3,4)5)34(39)29-27-25-23-21-19-17-15-13-11-9-7-2/h35,40-41H,6-32H2,1-5H3/t35-/m0/s1. The molecule has 0 amide bonds. The molecule has 0 aromatic heterocycles. The molecular formula is C36H72NO8P. The van der Waals surface area contributed by atoms with Crippen LogP contribution in [-0.4, -0.2) is 78.9 Å². The molecule has 0 aromatic carbocycles. The summed E-state index contributed by atoms with van der Waals surface area (Å²) in [7, 11) is 0.831. The number of aliphatic hydroxyl groups is 2. The van der Waals surface area contributed by atoms with Gasteiger partial charge >= 0.3 is 0 Å². The van der Waals surface area contributed by atoms with Crippen LogP contribution < -0.4 is 4.89 Å². The van der Waals surface area contributed by atoms with E-state index in [0.717, 1.165) is 51.4 Å². The molecule has 0 radical (unpaired) electrons. The van der Waals surface area contributed by atoms with E-state index in [0.29, 0.717) is 23.9 Å². The number of aliphatic hydroxyl groups excluding tert-OH is 1. The molecule has 10 heteroatoms. The second-order valence-corrected chi connectivity index (χ2v) is 15.7. The van der Waals surface area contributed by atoms with Gasteiger partial charge in [0.15, 0.2) is 11.6 Å². The molecule has 0 fully saturated rings. The normalized spacial score (nSPS) is 14.3. The van der Waals surface area contributed by atoms with E-state index >= 15 is 0 Å². The van der Waals surface area contributed by atoms with Crippen molar-refractivity contribution in [2.45, 2.75) is 180 Å². The van der Waals surface area contributed by atoms with Crippen LogP contribution in [-0.2, 0) is 23.2 Å². The topological polar surface area (TPSA) is 133 Å². The lowest BCUT2D eigenvalue weighted by atomic mass is 9.82. The zero-order valence-corrected chi connectivity index (χ0v) is 31.3. The van der Waals surface area contributed by atoms with E-state index in [9.17, 15) is 29.3 Å². The van der Waals surface area contributed by atoms with Crippen molar-refractivity contribution in [3.05, 3.63) is 0 Å². The molecule has 2 atom stereocenters. The fourth-order valence-corrected chi connectivity index (χ4v) is 6.26. The summed E-state index contributed by atoms with van der Waals surface area (Å²) >= 11 is 0. The molecule has 9 nitrogen and oxygen atoms in total. The zero-order valence-electron chi connectivity index (χ0n) is 30.4. The first-order valence-electron chi connectivity index (χ1n) is 18.7. The summed E-state index contributed by atoms with van der Waals surface area (Å²) in [6.45, 7) is 3.77. The summed E-state index contributed by atoms with van der Waals surface area (Å²) in [5.74, 6) is -1.56. The molecule has 2 N–H and O–H groups in total. The van der Waals surface area contributed by atoms with Gasteiger partial charge in [0.05, 0.1) is 27.7 Å². The monoisotopic (exact) mass is 677 g/mol. The van der Waals surface area contributed by atoms with Gasteiger partial charge in [0, 0.05) is 12.8 Å². The third-order valence-electron chi connectivity index (χ3n) is 8.75. The van der Waals surface area contributed by atoms with Crippen molar-refractivity contribution in [1.82, 2.24) is 0 Å². The molecule has 0 rings (SSSR count). The van der Waals surface area contributed by atoms with Gasteiger partial charge in [0.2, 0.25) is 5.60 Å². The predicted molar refractivity (Wildman–Crippen MR) is 186 cm³/mol. The molecule has 0 saturated heterocycles. The van der Waals surface area contributed by atoms with E-state index in [2.05, 4.69) is 13.8 Å². The minimum Gasteiger partial charge on any atom is -0.756 e. The zero-order chi connectivity index (χ0) is 34.7. The van der Waals surface area contributed by atoms with Crippen molar-refractivity contribution >= 4 is 19.4 Å². The number of hydrogen-bond acceptors (Lipinski definition) is 8. The van der Waals surface area contributed by atoms with Gasteiger partial charge in [-0.15, -0.1) is 0 Å². The average Bonchev–Trinajstić information content (AvgIpc) is 2.99. The summed E-state index contributed by atoms with van der Waals surface area (Å²) < 4.78 is 22.5. The summed E-state index contributed by atoms with van der Waals surface area (Å²) in [5.41, 5.74) is -2.71. The number of carbonyl (C=O) groups excluding carboxylic acids is 2. The number of hydrogen-bond donors (Lipinski definition) is 2. The minimum absolute atomic E-state index is 0.0659.